The number of carbonyl (C=O) groups excluding carboxylic acids is 2. The Kier molecular flexibility index (Phi) is 31.7. The Morgan fingerprint density at radius 3 is 1.12 bits per heavy atom. The molecule has 11 heteroatoms. The van der Waals surface area contributed by atoms with Crippen LogP contribution in [0.4, 0.5) is 13.5 Å². The Bertz CT molecular complexity index is 2540. The summed E-state index contributed by atoms with van der Waals surface area (Å²) in [5.41, 5.74) is 21.9. The predicted octanol–water partition coefficient (Wildman–Crippen LogP) is 20.8. The minimum atomic E-state index is -0.572. The number of aliphatic hydroxyl groups excluding tert-OH is 1. The Balaban J connectivity index is 0.000000658. The predicted molar refractivity (Wildman–Crippen MR) is 348 cm³/mol. The van der Waals surface area contributed by atoms with Crippen molar-refractivity contribution >= 4 is 51.8 Å². The molecule has 2 atom stereocenters. The van der Waals surface area contributed by atoms with Crippen molar-refractivity contribution in [2.24, 2.45) is 0 Å². The summed E-state index contributed by atoms with van der Waals surface area (Å²) in [7, 11) is -0.503. The molecule has 2 fully saturated rings. The number of ketones is 2. The van der Waals surface area contributed by atoms with Gasteiger partial charge in [0.25, 0.3) is 6.21 Å². The zero-order chi connectivity index (χ0) is 61.7. The average molecular weight is 1140 g/mol. The number of benzene rings is 4. The third kappa shape index (κ3) is 20.6. The minimum absolute atomic E-state index is 0.0175. The van der Waals surface area contributed by atoms with Gasteiger partial charge in [0.2, 0.25) is 0 Å². The maximum atomic E-state index is 12.8. The molecule has 0 amide bonds. The number of nitrogens with zero attached hydrogens (tertiary/aromatic N) is 2. The van der Waals surface area contributed by atoms with Crippen LogP contribution in [0.5, 0.6) is 0 Å². The molecule has 80 heavy (non-hydrogen) atoms. The van der Waals surface area contributed by atoms with E-state index in [1.807, 2.05) is 0 Å². The van der Waals surface area contributed by atoms with E-state index >= 15 is 0 Å². The summed E-state index contributed by atoms with van der Waals surface area (Å²) < 4.78 is 26.6. The number of rotatable bonds is 11. The van der Waals surface area contributed by atoms with Crippen molar-refractivity contribution in [2.75, 3.05) is 6.61 Å². The molecule has 2 aliphatic rings. The van der Waals surface area contributed by atoms with Crippen molar-refractivity contribution in [3.05, 3.63) is 112 Å². The van der Waals surface area contributed by atoms with Gasteiger partial charge in [-0.25, -0.2) is 0 Å². The molecule has 0 bridgehead atoms. The first-order valence-electron chi connectivity index (χ1n) is 29.7. The maximum absolute atomic E-state index is 12.8. The maximum Gasteiger partial charge on any atom is 0.354 e. The van der Waals surface area contributed by atoms with Gasteiger partial charge in [-0.3, -0.25) is 9.59 Å². The van der Waals surface area contributed by atoms with Crippen molar-refractivity contribution in [3.8, 4) is 22.3 Å². The highest BCUT2D eigenvalue weighted by molar-refractivity contribution is 7.69. The quantitative estimate of drug-likeness (QED) is 0.0533. The van der Waals surface area contributed by atoms with E-state index in [1.54, 1.807) is 20.8 Å². The highest BCUT2D eigenvalue weighted by atomic mass is 31.1. The zero-order valence-corrected chi connectivity index (χ0v) is 55.9. The summed E-state index contributed by atoms with van der Waals surface area (Å²) in [5, 5.41) is 10.8. The van der Waals surface area contributed by atoms with Crippen LogP contribution in [0, 0.1) is 0 Å². The normalized spacial score (nSPS) is 18.1. The van der Waals surface area contributed by atoms with Crippen molar-refractivity contribution in [3.63, 3.8) is 0 Å². The first-order valence-corrected chi connectivity index (χ1v) is 32.4. The summed E-state index contributed by atoms with van der Waals surface area (Å²) in [5.74, 6) is 3.71. The van der Waals surface area contributed by atoms with Crippen LogP contribution in [-0.4, -0.2) is 62.5 Å². The van der Waals surface area contributed by atoms with Crippen molar-refractivity contribution in [2.45, 2.75) is 267 Å². The summed E-state index contributed by atoms with van der Waals surface area (Å²) in [4.78, 5) is 28.1. The van der Waals surface area contributed by atoms with Crippen molar-refractivity contribution < 1.29 is 32.9 Å². The van der Waals surface area contributed by atoms with Gasteiger partial charge >= 0.3 is 7.56 Å². The molecule has 2 aliphatic heterocycles. The number of hydrogen-bond acceptors (Lipinski definition) is 3. The second-order valence-electron chi connectivity index (χ2n) is 26.1. The molecule has 2 saturated heterocycles. The van der Waals surface area contributed by atoms with Crippen LogP contribution < -0.4 is 10.6 Å². The second-order valence-corrected chi connectivity index (χ2v) is 33.2. The lowest BCUT2D eigenvalue weighted by molar-refractivity contribution is -0.120. The monoisotopic (exact) mass is 1140 g/mol. The lowest BCUT2D eigenvalue weighted by Gasteiger charge is -2.47. The fourth-order valence-electron chi connectivity index (χ4n) is 11.9. The zero-order valence-electron chi connectivity index (χ0n) is 54.1. The number of carbonyl (C=O) groups is 2. The number of halogens is 3. The Labute approximate surface area is 489 Å². The van der Waals surface area contributed by atoms with E-state index in [0.717, 1.165) is 32.1 Å². The summed E-state index contributed by atoms with van der Waals surface area (Å²) >= 11 is 0. The van der Waals surface area contributed by atoms with Crippen LogP contribution in [-0.2, 0) is 9.59 Å². The molecular weight excluding hydrogens is 1030 g/mol. The summed E-state index contributed by atoms with van der Waals surface area (Å²) in [6.45, 7) is 52.3. The van der Waals surface area contributed by atoms with Gasteiger partial charge in [0.15, 0.2) is 0 Å². The SMILES string of the molecule is CC(C)c1cc(C(C)C)c(-c2ccccc2P2C(C)(C)CCC(=O)CC2(C)C)c(C(C)C)c1.CC(C)c1cc(C(C)C)c(-c2ccccc2P2C(C)(C)CCCC(=O)CC2(C)C)c(C(C)C)c1.CC=[N+]=[N-].CCO.CC[B]F.FF. The van der Waals surface area contributed by atoms with Gasteiger partial charge in [0, 0.05) is 48.4 Å². The van der Waals surface area contributed by atoms with Crippen LogP contribution in [0.25, 0.3) is 27.8 Å². The van der Waals surface area contributed by atoms with Crippen LogP contribution >= 0.6 is 15.8 Å². The molecule has 0 saturated carbocycles. The molecule has 0 aromatic heterocycles. The molecule has 1 radical (unpaired) electrons. The van der Waals surface area contributed by atoms with E-state index in [4.69, 9.17) is 19.8 Å². The highest BCUT2D eigenvalue weighted by Gasteiger charge is 2.47. The van der Waals surface area contributed by atoms with Crippen LogP contribution in [0.15, 0.2) is 72.8 Å². The second kappa shape index (κ2) is 34.1. The van der Waals surface area contributed by atoms with E-state index in [-0.39, 0.29) is 27.2 Å². The van der Waals surface area contributed by atoms with Gasteiger partial charge in [-0.15, -0.1) is 0 Å². The van der Waals surface area contributed by atoms with Gasteiger partial charge in [-0.1, -0.05) is 234 Å². The summed E-state index contributed by atoms with van der Waals surface area (Å²) in [6, 6.07) is 28.2. The number of hydrogen-bond donors (Lipinski definition) is 1. The first kappa shape index (κ1) is 74.3. The lowest BCUT2D eigenvalue weighted by atomic mass is 9.82. The topological polar surface area (TPSA) is 90.8 Å². The smallest absolute Gasteiger partial charge is 0.354 e. The molecule has 1 N–H and O–H groups in total. The lowest BCUT2D eigenvalue weighted by Crippen LogP contribution is -2.39. The van der Waals surface area contributed by atoms with Gasteiger partial charge < -0.3 is 15.0 Å². The average Bonchev–Trinajstić information content (AvgIpc) is 3.46. The molecule has 6 rings (SSSR count). The molecule has 0 aliphatic carbocycles. The fourth-order valence-corrected chi connectivity index (χ4v) is 20.5. The van der Waals surface area contributed by atoms with E-state index in [9.17, 15) is 13.9 Å². The minimum Gasteiger partial charge on any atom is -0.397 e. The standard InChI is InChI=1S/C32H47OP.C31H45OP.C2H5BF.C2H4N2.C2H6O.F2/c1-21(2)24-18-27(22(3)4)30(28(19-24)23(5)6)26-15-11-12-16-29(26)34-31(7,8)17-13-14-25(33)20-32(34,9)10;1-20(2)23-17-26(21(3)4)29(27(18-23)22(5)6)25-13-11-12-14-28(25)33-30(7,8)16-15-24(32)19-31(33,9)10;1-2-3-4;1-2-4-3;1-2-3;1-2/h11-12,15-16,18-19,21-23H,13-14,17,20H2,1-10H3;11-14,17-18,20-22H,15-16,19H2,1-10H3;2H2,1H3;2H,1H3;3H,2H2,1H3;. The van der Waals surface area contributed by atoms with Crippen molar-refractivity contribution in [1.29, 1.82) is 0 Å². The number of Topliss-reactive ketones (excluding diaryl/α,β-unsaturated/α-hetero) is 2. The summed E-state index contributed by atoms with van der Waals surface area (Å²) in [6.07, 6.45) is 7.78. The Hall–Kier alpha value is -3.73. The third-order valence-electron chi connectivity index (χ3n) is 15.3. The van der Waals surface area contributed by atoms with Crippen LogP contribution in [0.3, 0.4) is 0 Å². The van der Waals surface area contributed by atoms with Crippen LogP contribution in [0.1, 0.15) is 273 Å². The Morgan fingerprint density at radius 1 is 0.562 bits per heavy atom. The molecular formula is C69H107BF3N2O3P2. The Morgan fingerprint density at radius 2 is 0.850 bits per heavy atom. The molecule has 5 nitrogen and oxygen atoms in total. The van der Waals surface area contributed by atoms with Gasteiger partial charge in [-0.2, -0.15) is 4.79 Å². The van der Waals surface area contributed by atoms with Crippen LogP contribution in [0.2, 0.25) is 6.32 Å². The van der Waals surface area contributed by atoms with E-state index in [1.165, 1.54) is 72.5 Å². The molecule has 2 unspecified atom stereocenters. The molecule has 4 aromatic carbocycles. The largest absolute Gasteiger partial charge is 0.397 e. The molecule has 445 valence electrons. The van der Waals surface area contributed by atoms with E-state index in [2.05, 4.69) is 216 Å². The number of aliphatic hydroxyl groups is 1. The molecule has 4 aromatic rings. The van der Waals surface area contributed by atoms with E-state index in [0.29, 0.717) is 73.8 Å². The van der Waals surface area contributed by atoms with E-state index < -0.39 is 15.8 Å². The van der Waals surface area contributed by atoms with Crippen molar-refractivity contribution in [1.82, 2.24) is 0 Å². The third-order valence-corrected chi connectivity index (χ3v) is 22.7. The van der Waals surface area contributed by atoms with Gasteiger partial charge in [0.05, 0.1) is 0 Å². The molecule has 0 spiro atoms. The first-order chi connectivity index (χ1) is 37.3. The highest BCUT2D eigenvalue weighted by Crippen LogP contribution is 2.65. The van der Waals surface area contributed by atoms with Gasteiger partial charge in [-0.05, 0) is 155 Å². The molecule has 2 heterocycles. The fraction of sp³-hybridized carbons (Fsp3) is 0.609. The van der Waals surface area contributed by atoms with Gasteiger partial charge in [0.1, 0.15) is 11.6 Å².